The summed E-state index contributed by atoms with van der Waals surface area (Å²) in [6.07, 6.45) is 4.21. The Hall–Kier alpha value is -2.12. The van der Waals surface area contributed by atoms with E-state index in [1.54, 1.807) is 19.2 Å². The molecule has 1 unspecified atom stereocenters. The third-order valence-electron chi connectivity index (χ3n) is 4.66. The van der Waals surface area contributed by atoms with Crippen LogP contribution in [-0.4, -0.2) is 61.9 Å². The maximum Gasteiger partial charge on any atom is 0.273 e. The normalized spacial score (nSPS) is 21.9. The molecule has 2 aliphatic rings. The summed E-state index contributed by atoms with van der Waals surface area (Å²) in [6.45, 7) is 6.12. The van der Waals surface area contributed by atoms with E-state index in [9.17, 15) is 10.1 Å². The van der Waals surface area contributed by atoms with Crippen molar-refractivity contribution in [3.8, 4) is 5.75 Å². The Morgan fingerprint density at radius 2 is 2.33 bits per heavy atom. The zero-order valence-corrected chi connectivity index (χ0v) is 14.1. The fraction of sp³-hybridized carbons (Fsp3) is 0.529. The maximum absolute atomic E-state index is 10.9. The van der Waals surface area contributed by atoms with E-state index in [4.69, 9.17) is 9.47 Å². The number of fused-ring (bicyclic) bond motifs is 3. The van der Waals surface area contributed by atoms with Gasteiger partial charge >= 0.3 is 0 Å². The lowest BCUT2D eigenvalue weighted by molar-refractivity contribution is -0.384. The van der Waals surface area contributed by atoms with Crippen molar-refractivity contribution in [3.05, 3.63) is 40.5 Å². The van der Waals surface area contributed by atoms with Crippen LogP contribution < -0.4 is 9.64 Å². The van der Waals surface area contributed by atoms with Crippen LogP contribution in [0.25, 0.3) is 0 Å². The Morgan fingerprint density at radius 1 is 1.50 bits per heavy atom. The monoisotopic (exact) mass is 333 g/mol. The van der Waals surface area contributed by atoms with Gasteiger partial charge in [-0.1, -0.05) is 12.2 Å². The molecule has 1 aromatic carbocycles. The van der Waals surface area contributed by atoms with Gasteiger partial charge in [-0.15, -0.1) is 0 Å². The fourth-order valence-electron chi connectivity index (χ4n) is 3.33. The zero-order chi connectivity index (χ0) is 17.1. The van der Waals surface area contributed by atoms with Crippen molar-refractivity contribution in [2.24, 2.45) is 0 Å². The number of anilines is 1. The van der Waals surface area contributed by atoms with Crippen molar-refractivity contribution in [1.82, 2.24) is 4.90 Å². The van der Waals surface area contributed by atoms with Gasteiger partial charge in [0.2, 0.25) is 0 Å². The van der Waals surface area contributed by atoms with Gasteiger partial charge in [-0.3, -0.25) is 15.0 Å². The highest BCUT2D eigenvalue weighted by Gasteiger charge is 2.34. The van der Waals surface area contributed by atoms with Crippen molar-refractivity contribution in [2.75, 3.05) is 44.9 Å². The Balaban J connectivity index is 1.69. The highest BCUT2D eigenvalue weighted by atomic mass is 16.6. The number of benzene rings is 1. The number of nitro benzene ring substituents is 1. The molecule has 130 valence electrons. The molecule has 0 aliphatic carbocycles. The zero-order valence-electron chi connectivity index (χ0n) is 14.1. The summed E-state index contributed by atoms with van der Waals surface area (Å²) in [7, 11) is 1.69. The second kappa shape index (κ2) is 7.19. The molecule has 1 aromatic rings. The maximum atomic E-state index is 10.9. The lowest BCUT2D eigenvalue weighted by Crippen LogP contribution is -2.58. The number of nitro groups is 1. The van der Waals surface area contributed by atoms with Crippen LogP contribution in [0.4, 0.5) is 11.4 Å². The van der Waals surface area contributed by atoms with Gasteiger partial charge in [0.1, 0.15) is 12.4 Å². The lowest BCUT2D eigenvalue weighted by Gasteiger charge is -2.46. The van der Waals surface area contributed by atoms with E-state index in [1.165, 1.54) is 6.07 Å². The average Bonchev–Trinajstić information content (AvgIpc) is 2.60. The topological polar surface area (TPSA) is 68.1 Å². The second-order valence-corrected chi connectivity index (χ2v) is 6.19. The van der Waals surface area contributed by atoms with Crippen molar-refractivity contribution in [1.29, 1.82) is 0 Å². The van der Waals surface area contributed by atoms with Gasteiger partial charge in [-0.25, -0.2) is 0 Å². The molecule has 0 N–H and O–H groups in total. The van der Waals surface area contributed by atoms with Gasteiger partial charge in [0.25, 0.3) is 5.69 Å². The first kappa shape index (κ1) is 16.7. The summed E-state index contributed by atoms with van der Waals surface area (Å²) in [4.78, 5) is 15.3. The number of hydrogen-bond acceptors (Lipinski definition) is 6. The summed E-state index contributed by atoms with van der Waals surface area (Å²) >= 11 is 0. The van der Waals surface area contributed by atoms with E-state index in [-0.39, 0.29) is 16.7 Å². The smallest absolute Gasteiger partial charge is 0.273 e. The predicted octanol–water partition coefficient (Wildman–Crippen LogP) is 2.07. The Morgan fingerprint density at radius 3 is 3.08 bits per heavy atom. The molecule has 7 nitrogen and oxygen atoms in total. The molecule has 0 saturated carbocycles. The van der Waals surface area contributed by atoms with Crippen LogP contribution in [0.5, 0.6) is 5.75 Å². The summed E-state index contributed by atoms with van der Waals surface area (Å²) in [6, 6.07) is 5.49. The van der Waals surface area contributed by atoms with E-state index < -0.39 is 0 Å². The minimum Gasteiger partial charge on any atom is -0.489 e. The summed E-state index contributed by atoms with van der Waals surface area (Å²) < 4.78 is 10.8. The molecule has 0 spiro atoms. The molecule has 1 saturated heterocycles. The largest absolute Gasteiger partial charge is 0.489 e. The first-order valence-electron chi connectivity index (χ1n) is 8.17. The Bertz CT molecular complexity index is 634. The van der Waals surface area contributed by atoms with E-state index in [1.807, 2.05) is 6.08 Å². The van der Waals surface area contributed by atoms with Crippen LogP contribution in [0.2, 0.25) is 0 Å². The molecule has 2 aliphatic heterocycles. The molecule has 0 amide bonds. The fourth-order valence-corrected chi connectivity index (χ4v) is 3.33. The lowest BCUT2D eigenvalue weighted by atomic mass is 10.1. The number of rotatable bonds is 5. The first-order chi connectivity index (χ1) is 11.6. The third kappa shape index (κ3) is 3.37. The molecule has 7 heteroatoms. The summed E-state index contributed by atoms with van der Waals surface area (Å²) in [5.41, 5.74) is 1.03. The van der Waals surface area contributed by atoms with Gasteiger partial charge in [0, 0.05) is 38.9 Å². The summed E-state index contributed by atoms with van der Waals surface area (Å²) in [5.74, 6) is 0.613. The molecule has 0 aromatic heterocycles. The van der Waals surface area contributed by atoms with E-state index in [0.717, 1.165) is 25.3 Å². The molecule has 0 radical (unpaired) electrons. The summed E-state index contributed by atoms with van der Waals surface area (Å²) in [5, 5.41) is 10.9. The Kier molecular flexibility index (Phi) is 5.01. The van der Waals surface area contributed by atoms with Gasteiger partial charge < -0.3 is 14.4 Å². The molecule has 3 rings (SSSR count). The van der Waals surface area contributed by atoms with E-state index in [0.29, 0.717) is 25.0 Å². The van der Waals surface area contributed by atoms with Crippen molar-refractivity contribution >= 4 is 11.4 Å². The molecule has 0 bridgehead atoms. The van der Waals surface area contributed by atoms with Crippen molar-refractivity contribution < 1.29 is 14.4 Å². The van der Waals surface area contributed by atoms with Crippen LogP contribution in [0.3, 0.4) is 0 Å². The highest BCUT2D eigenvalue weighted by molar-refractivity contribution is 5.64. The van der Waals surface area contributed by atoms with Crippen LogP contribution in [-0.2, 0) is 4.74 Å². The van der Waals surface area contributed by atoms with Gasteiger partial charge in [0.05, 0.1) is 29.3 Å². The van der Waals surface area contributed by atoms with Crippen molar-refractivity contribution in [2.45, 2.75) is 19.0 Å². The predicted molar refractivity (Wildman–Crippen MR) is 91.8 cm³/mol. The molecule has 2 atom stereocenters. The van der Waals surface area contributed by atoms with E-state index in [2.05, 4.69) is 22.8 Å². The molecular formula is C17H23N3O4. The molecular weight excluding hydrogens is 310 g/mol. The third-order valence-corrected chi connectivity index (χ3v) is 4.66. The van der Waals surface area contributed by atoms with Crippen molar-refractivity contribution in [3.63, 3.8) is 0 Å². The van der Waals surface area contributed by atoms with Crippen LogP contribution in [0, 0.1) is 10.1 Å². The number of piperazine rings is 1. The number of nitrogens with zero attached hydrogens (tertiary/aromatic N) is 3. The molecule has 1 fully saturated rings. The second-order valence-electron chi connectivity index (χ2n) is 6.19. The number of hydrogen-bond donors (Lipinski definition) is 0. The minimum atomic E-state index is -0.387. The van der Waals surface area contributed by atoms with E-state index >= 15 is 0 Å². The van der Waals surface area contributed by atoms with Gasteiger partial charge in [-0.05, 0) is 13.0 Å². The van der Waals surface area contributed by atoms with Gasteiger partial charge in [-0.2, -0.15) is 0 Å². The van der Waals surface area contributed by atoms with Crippen LogP contribution in [0.15, 0.2) is 30.4 Å². The van der Waals surface area contributed by atoms with Crippen LogP contribution >= 0.6 is 0 Å². The molecule has 24 heavy (non-hydrogen) atoms. The highest BCUT2D eigenvalue weighted by Crippen LogP contribution is 2.37. The standard InChI is InChI=1S/C17H23N3O4/c1-13(4-3-9-23-2)18-7-8-19-15(11-18)12-24-17-10-14(20(21)22)5-6-16(17)19/h3-6,10,13,15H,7-9,11-12H2,1-2H3/b4-3+/t13?,15-/m1/s1. The first-order valence-corrected chi connectivity index (χ1v) is 8.17. The quantitative estimate of drug-likeness (QED) is 0.467. The average molecular weight is 333 g/mol. The number of ether oxygens (including phenoxy) is 2. The van der Waals surface area contributed by atoms with Crippen LogP contribution in [0.1, 0.15) is 6.92 Å². The molecule has 2 heterocycles. The Labute approximate surface area is 141 Å². The minimum absolute atomic E-state index is 0.0720. The van der Waals surface area contributed by atoms with Gasteiger partial charge in [0.15, 0.2) is 0 Å². The number of methoxy groups -OCH3 is 1. The SMILES string of the molecule is COC/C=C/C(C)N1CCN2c3ccc([N+](=O)[O-])cc3OC[C@H]2C1. The number of non-ortho nitro benzene ring substituents is 1.